The van der Waals surface area contributed by atoms with Crippen molar-refractivity contribution in [1.82, 2.24) is 15.3 Å². The fourth-order valence-corrected chi connectivity index (χ4v) is 3.64. The summed E-state index contributed by atoms with van der Waals surface area (Å²) in [5.41, 5.74) is 4.22. The van der Waals surface area contributed by atoms with Gasteiger partial charge in [-0.15, -0.1) is 0 Å². The molecule has 3 aliphatic heterocycles. The number of pyridine rings is 1. The molecule has 4 heterocycles. The van der Waals surface area contributed by atoms with E-state index in [1.165, 1.54) is 13.1 Å². The van der Waals surface area contributed by atoms with Gasteiger partial charge >= 0.3 is 0 Å². The number of hydrogen-bond acceptors (Lipinski definition) is 5. The van der Waals surface area contributed by atoms with Crippen LogP contribution in [0, 0.1) is 11.8 Å². The van der Waals surface area contributed by atoms with Crippen LogP contribution in [0.15, 0.2) is 42.9 Å². The molecule has 5 nitrogen and oxygen atoms in total. The molecule has 2 unspecified atom stereocenters. The maximum atomic E-state index is 4.65. The Balaban J connectivity index is 1.45. The highest BCUT2D eigenvalue weighted by Gasteiger charge is 2.38. The lowest BCUT2D eigenvalue weighted by atomic mass is 10.0. The Morgan fingerprint density at radius 3 is 2.52 bits per heavy atom. The molecule has 21 heavy (non-hydrogen) atoms. The van der Waals surface area contributed by atoms with Crippen molar-refractivity contribution in [2.75, 3.05) is 43.1 Å². The second-order valence-electron chi connectivity index (χ2n) is 6.22. The van der Waals surface area contributed by atoms with Crippen molar-refractivity contribution in [3.63, 3.8) is 0 Å². The van der Waals surface area contributed by atoms with E-state index in [2.05, 4.69) is 39.4 Å². The van der Waals surface area contributed by atoms with E-state index in [1.54, 1.807) is 0 Å². The van der Waals surface area contributed by atoms with Crippen LogP contribution in [0.1, 0.15) is 0 Å². The largest absolute Gasteiger partial charge is 0.356 e. The van der Waals surface area contributed by atoms with E-state index in [1.807, 2.05) is 35.8 Å². The van der Waals surface area contributed by atoms with Gasteiger partial charge in [-0.2, -0.15) is 0 Å². The van der Waals surface area contributed by atoms with Crippen LogP contribution in [0.25, 0.3) is 0 Å². The molecular weight excluding hydrogens is 262 g/mol. The van der Waals surface area contributed by atoms with Gasteiger partial charge in [-0.1, -0.05) is 0 Å². The molecule has 1 aromatic rings. The Kier molecular flexibility index (Phi) is 3.07. The maximum absolute atomic E-state index is 4.65. The van der Waals surface area contributed by atoms with Gasteiger partial charge in [0, 0.05) is 38.6 Å². The van der Waals surface area contributed by atoms with E-state index in [-0.39, 0.29) is 0 Å². The van der Waals surface area contributed by atoms with E-state index >= 15 is 0 Å². The third-order valence-corrected chi connectivity index (χ3v) is 4.66. The number of likely N-dealkylation sites (tertiary alicyclic amines) is 1. The fraction of sp³-hybridized carbons (Fsp3) is 0.438. The lowest BCUT2D eigenvalue weighted by molar-refractivity contribution is 0.387. The highest BCUT2D eigenvalue weighted by atomic mass is 15.5. The molecule has 0 spiro atoms. The Labute approximate surface area is 125 Å². The van der Waals surface area contributed by atoms with Gasteiger partial charge in [0.05, 0.1) is 11.9 Å². The normalized spacial score (nSPS) is 28.0. The van der Waals surface area contributed by atoms with E-state index in [9.17, 15) is 0 Å². The molecule has 2 fully saturated rings. The zero-order valence-electron chi connectivity index (χ0n) is 12.3. The molecule has 0 bridgehead atoms. The van der Waals surface area contributed by atoms with Crippen molar-refractivity contribution in [2.24, 2.45) is 11.8 Å². The van der Waals surface area contributed by atoms with Crippen LogP contribution in [0.5, 0.6) is 0 Å². The first kappa shape index (κ1) is 12.7. The zero-order chi connectivity index (χ0) is 14.2. The van der Waals surface area contributed by atoms with Crippen molar-refractivity contribution < 1.29 is 0 Å². The molecule has 4 rings (SSSR count). The van der Waals surface area contributed by atoms with Gasteiger partial charge in [0.15, 0.2) is 0 Å². The number of hydrogen-bond donors (Lipinski definition) is 1. The molecule has 0 amide bonds. The molecule has 2 saturated heterocycles. The van der Waals surface area contributed by atoms with Crippen LogP contribution >= 0.6 is 0 Å². The monoisotopic (exact) mass is 283 g/mol. The first-order valence-electron chi connectivity index (χ1n) is 7.58. The smallest absolute Gasteiger partial charge is 0.128 e. The van der Waals surface area contributed by atoms with Gasteiger partial charge in [-0.3, -0.25) is 5.01 Å². The number of anilines is 2. The van der Waals surface area contributed by atoms with Gasteiger partial charge in [-0.05, 0) is 43.2 Å². The summed E-state index contributed by atoms with van der Waals surface area (Å²) < 4.78 is 0. The zero-order valence-corrected chi connectivity index (χ0v) is 12.3. The quantitative estimate of drug-likeness (QED) is 0.888. The van der Waals surface area contributed by atoms with Gasteiger partial charge in [0.1, 0.15) is 5.82 Å². The first-order chi connectivity index (χ1) is 10.3. The lowest BCUT2D eigenvalue weighted by Gasteiger charge is -2.24. The van der Waals surface area contributed by atoms with E-state index in [4.69, 9.17) is 0 Å². The predicted molar refractivity (Wildman–Crippen MR) is 84.8 cm³/mol. The van der Waals surface area contributed by atoms with Crippen LogP contribution in [0.3, 0.4) is 0 Å². The van der Waals surface area contributed by atoms with Crippen molar-refractivity contribution >= 4 is 11.5 Å². The van der Waals surface area contributed by atoms with Crippen LogP contribution in [0.2, 0.25) is 0 Å². The van der Waals surface area contributed by atoms with E-state index in [0.717, 1.165) is 36.4 Å². The molecule has 3 aliphatic rings. The van der Waals surface area contributed by atoms with Crippen LogP contribution < -0.4 is 15.3 Å². The van der Waals surface area contributed by atoms with Gasteiger partial charge in [0.25, 0.3) is 0 Å². The topological polar surface area (TPSA) is 34.6 Å². The molecule has 1 N–H and O–H groups in total. The number of hydrazine groups is 1. The summed E-state index contributed by atoms with van der Waals surface area (Å²) >= 11 is 0. The van der Waals surface area contributed by atoms with Gasteiger partial charge < -0.3 is 15.2 Å². The highest BCUT2D eigenvalue weighted by molar-refractivity contribution is 5.53. The van der Waals surface area contributed by atoms with E-state index < -0.39 is 0 Å². The summed E-state index contributed by atoms with van der Waals surface area (Å²) in [6, 6.07) is 4.26. The average Bonchev–Trinajstić information content (AvgIpc) is 3.06. The number of aromatic nitrogens is 1. The molecule has 0 saturated carbocycles. The molecule has 0 radical (unpaired) electrons. The lowest BCUT2D eigenvalue weighted by Crippen LogP contribution is -2.30. The summed E-state index contributed by atoms with van der Waals surface area (Å²) in [6.45, 7) is 4.75. The van der Waals surface area contributed by atoms with Gasteiger partial charge in [0.2, 0.25) is 0 Å². The van der Waals surface area contributed by atoms with Crippen molar-refractivity contribution in [1.29, 1.82) is 0 Å². The fourth-order valence-electron chi connectivity index (χ4n) is 3.64. The van der Waals surface area contributed by atoms with Crippen LogP contribution in [-0.4, -0.2) is 43.1 Å². The summed E-state index contributed by atoms with van der Waals surface area (Å²) in [4.78, 5) is 9.54. The van der Waals surface area contributed by atoms with Crippen LogP contribution in [0.4, 0.5) is 11.5 Å². The molecule has 0 aromatic carbocycles. The first-order valence-corrected chi connectivity index (χ1v) is 7.58. The van der Waals surface area contributed by atoms with Crippen LogP contribution in [-0.2, 0) is 0 Å². The minimum atomic E-state index is 0.813. The molecule has 2 atom stereocenters. The highest BCUT2D eigenvalue weighted by Crippen LogP contribution is 2.32. The Bertz CT molecular complexity index is 551. The molecule has 1 aromatic heterocycles. The standard InChI is InChI=1S/C16H21N5/c1-19-9-13-11-20(12-14(13)10-19)16-5-4-15(8-17-16)21-7-3-2-6-18-21/h2-8,13-14,18H,9-12H2,1H3. The summed E-state index contributed by atoms with van der Waals surface area (Å²) in [5.74, 6) is 2.73. The molecule has 110 valence electrons. The Hall–Kier alpha value is -2.01. The second kappa shape index (κ2) is 5.07. The minimum absolute atomic E-state index is 0.813. The summed E-state index contributed by atoms with van der Waals surface area (Å²) in [6.07, 6.45) is 9.81. The number of fused-ring (bicyclic) bond motifs is 1. The Morgan fingerprint density at radius 2 is 1.90 bits per heavy atom. The molecular formula is C16H21N5. The number of nitrogens with zero attached hydrogens (tertiary/aromatic N) is 4. The van der Waals surface area contributed by atoms with E-state index in [0.29, 0.717) is 0 Å². The Morgan fingerprint density at radius 1 is 1.10 bits per heavy atom. The third kappa shape index (κ3) is 2.38. The van der Waals surface area contributed by atoms with Gasteiger partial charge in [-0.25, -0.2) is 4.98 Å². The third-order valence-electron chi connectivity index (χ3n) is 4.66. The SMILES string of the molecule is CN1CC2CN(c3ccc(N4C=CC=CN4)cn3)CC2C1. The maximum Gasteiger partial charge on any atom is 0.128 e. The van der Waals surface area contributed by atoms with Crippen molar-refractivity contribution in [3.8, 4) is 0 Å². The molecule has 0 aliphatic carbocycles. The average molecular weight is 283 g/mol. The van der Waals surface area contributed by atoms with Crippen molar-refractivity contribution in [3.05, 3.63) is 42.9 Å². The van der Waals surface area contributed by atoms with Crippen molar-refractivity contribution in [2.45, 2.75) is 0 Å². The summed E-state index contributed by atoms with van der Waals surface area (Å²) in [5, 5.41) is 1.96. The number of allylic oxidation sites excluding steroid dienone is 2. The summed E-state index contributed by atoms with van der Waals surface area (Å²) in [7, 11) is 2.23. The number of nitrogens with one attached hydrogen (secondary N) is 1. The minimum Gasteiger partial charge on any atom is -0.356 e. The predicted octanol–water partition coefficient (Wildman–Crippen LogP) is 1.43. The number of rotatable bonds is 2. The second-order valence-corrected chi connectivity index (χ2v) is 6.22. The molecule has 5 heteroatoms.